The molecule has 1 fully saturated rings. The number of halogens is 1. The Hall–Kier alpha value is -1.97. The van der Waals surface area contributed by atoms with Gasteiger partial charge in [-0.05, 0) is 54.9 Å². The first kappa shape index (κ1) is 22.7. The number of aryl methyl sites for hydroxylation is 1. The minimum absolute atomic E-state index is 0.218. The van der Waals surface area contributed by atoms with Crippen LogP contribution in [0.5, 0.6) is 5.88 Å². The molecule has 0 unspecified atom stereocenters. The van der Waals surface area contributed by atoms with Crippen molar-refractivity contribution in [3.8, 4) is 17.1 Å². The van der Waals surface area contributed by atoms with E-state index in [9.17, 15) is 4.39 Å². The Kier molecular flexibility index (Phi) is 9.10. The Bertz CT molecular complexity index is 754. The lowest BCUT2D eigenvalue weighted by Crippen LogP contribution is -2.15. The minimum atomic E-state index is -0.218. The summed E-state index contributed by atoms with van der Waals surface area (Å²) in [7, 11) is 0. The van der Waals surface area contributed by atoms with Gasteiger partial charge in [-0.2, -0.15) is 0 Å². The second kappa shape index (κ2) is 12.0. The number of ether oxygens (including phenoxy) is 1. The Morgan fingerprint density at radius 3 is 2.27 bits per heavy atom. The molecule has 0 radical (unpaired) electrons. The molecule has 1 aromatic heterocycles. The number of hydrogen-bond acceptors (Lipinski definition) is 3. The SMILES string of the molecule is CCCCOc1ccc(-c2ccc(CCC3CCC(CCCC)CC3)cc2F)nn1. The third-order valence-electron chi connectivity index (χ3n) is 6.47. The number of hydrogen-bond donors (Lipinski definition) is 0. The zero-order chi connectivity index (χ0) is 21.2. The van der Waals surface area contributed by atoms with E-state index in [1.54, 1.807) is 18.2 Å². The first-order valence-electron chi connectivity index (χ1n) is 11.9. The summed E-state index contributed by atoms with van der Waals surface area (Å²) in [5.41, 5.74) is 2.13. The van der Waals surface area contributed by atoms with Crippen LogP contribution in [-0.2, 0) is 6.42 Å². The molecule has 3 rings (SSSR count). The van der Waals surface area contributed by atoms with Gasteiger partial charge in [0, 0.05) is 11.6 Å². The lowest BCUT2D eigenvalue weighted by atomic mass is 9.78. The van der Waals surface area contributed by atoms with Gasteiger partial charge >= 0.3 is 0 Å². The summed E-state index contributed by atoms with van der Waals surface area (Å²) in [6.45, 7) is 5.03. The molecule has 164 valence electrons. The second-order valence-electron chi connectivity index (χ2n) is 8.84. The highest BCUT2D eigenvalue weighted by molar-refractivity contribution is 5.60. The average Bonchev–Trinajstić information content (AvgIpc) is 2.78. The second-order valence-corrected chi connectivity index (χ2v) is 8.84. The van der Waals surface area contributed by atoms with Crippen molar-refractivity contribution in [1.29, 1.82) is 0 Å². The van der Waals surface area contributed by atoms with Crippen LogP contribution in [0.2, 0.25) is 0 Å². The fraction of sp³-hybridized carbons (Fsp3) is 0.615. The molecule has 1 heterocycles. The van der Waals surface area contributed by atoms with Crippen molar-refractivity contribution in [2.24, 2.45) is 11.8 Å². The van der Waals surface area contributed by atoms with E-state index in [1.165, 1.54) is 51.4 Å². The van der Waals surface area contributed by atoms with Crippen LogP contribution in [0, 0.1) is 17.7 Å². The van der Waals surface area contributed by atoms with Gasteiger partial charge in [0.25, 0.3) is 0 Å². The fourth-order valence-electron chi connectivity index (χ4n) is 4.46. The van der Waals surface area contributed by atoms with E-state index in [2.05, 4.69) is 24.0 Å². The molecule has 4 heteroatoms. The van der Waals surface area contributed by atoms with E-state index in [4.69, 9.17) is 4.74 Å². The molecule has 2 aromatic rings. The van der Waals surface area contributed by atoms with Gasteiger partial charge < -0.3 is 4.74 Å². The van der Waals surface area contributed by atoms with Crippen molar-refractivity contribution < 1.29 is 9.13 Å². The van der Waals surface area contributed by atoms with Crippen LogP contribution in [0.4, 0.5) is 4.39 Å². The van der Waals surface area contributed by atoms with Crippen molar-refractivity contribution in [3.05, 3.63) is 41.7 Å². The summed E-state index contributed by atoms with van der Waals surface area (Å²) in [4.78, 5) is 0. The van der Waals surface area contributed by atoms with Crippen LogP contribution in [0.25, 0.3) is 11.3 Å². The number of unbranched alkanes of at least 4 members (excludes halogenated alkanes) is 2. The van der Waals surface area contributed by atoms with E-state index in [0.717, 1.165) is 36.7 Å². The third-order valence-corrected chi connectivity index (χ3v) is 6.47. The molecule has 0 aliphatic heterocycles. The highest BCUT2D eigenvalue weighted by Gasteiger charge is 2.20. The molecular formula is C26H37FN2O. The average molecular weight is 413 g/mol. The van der Waals surface area contributed by atoms with E-state index in [-0.39, 0.29) is 5.82 Å². The van der Waals surface area contributed by atoms with Crippen molar-refractivity contribution in [3.63, 3.8) is 0 Å². The maximum atomic E-state index is 14.7. The largest absolute Gasteiger partial charge is 0.477 e. The maximum absolute atomic E-state index is 14.7. The smallest absolute Gasteiger partial charge is 0.233 e. The standard InChI is InChI=1S/C26H37FN2O/c1-3-5-7-20-8-10-21(11-9-20)12-13-22-14-15-23(24(27)19-22)25-16-17-26(29-28-25)30-18-6-4-2/h14-17,19-21H,3-13,18H2,1-2H3. The summed E-state index contributed by atoms with van der Waals surface area (Å²) in [6.07, 6.45) is 13.7. The zero-order valence-corrected chi connectivity index (χ0v) is 18.7. The molecule has 30 heavy (non-hydrogen) atoms. The Morgan fingerprint density at radius 1 is 0.900 bits per heavy atom. The van der Waals surface area contributed by atoms with Crippen LogP contribution in [0.15, 0.2) is 30.3 Å². The third kappa shape index (κ3) is 6.78. The maximum Gasteiger partial charge on any atom is 0.233 e. The van der Waals surface area contributed by atoms with Crippen molar-refractivity contribution >= 4 is 0 Å². The Labute approximate surface area is 181 Å². The van der Waals surface area contributed by atoms with E-state index in [0.29, 0.717) is 23.7 Å². The number of aromatic nitrogens is 2. The Balaban J connectivity index is 1.49. The van der Waals surface area contributed by atoms with Crippen LogP contribution in [0.1, 0.15) is 83.6 Å². The summed E-state index contributed by atoms with van der Waals surface area (Å²) in [5.74, 6) is 2.03. The molecule has 1 aromatic carbocycles. The first-order chi connectivity index (χ1) is 14.7. The van der Waals surface area contributed by atoms with Crippen LogP contribution >= 0.6 is 0 Å². The molecular weight excluding hydrogens is 375 g/mol. The van der Waals surface area contributed by atoms with Crippen molar-refractivity contribution in [2.75, 3.05) is 6.61 Å². The first-order valence-corrected chi connectivity index (χ1v) is 11.9. The van der Waals surface area contributed by atoms with Crippen LogP contribution in [0.3, 0.4) is 0 Å². The molecule has 0 saturated heterocycles. The van der Waals surface area contributed by atoms with Gasteiger partial charge in [-0.15, -0.1) is 10.2 Å². The number of benzene rings is 1. The normalized spacial score (nSPS) is 19.0. The molecule has 1 saturated carbocycles. The predicted molar refractivity (Wildman–Crippen MR) is 121 cm³/mol. The lowest BCUT2D eigenvalue weighted by molar-refractivity contribution is 0.250. The molecule has 0 spiro atoms. The predicted octanol–water partition coefficient (Wildman–Crippen LogP) is 7.39. The van der Waals surface area contributed by atoms with Crippen molar-refractivity contribution in [1.82, 2.24) is 10.2 Å². The summed E-state index contributed by atoms with van der Waals surface area (Å²) in [6, 6.07) is 9.10. The molecule has 0 amide bonds. The van der Waals surface area contributed by atoms with Crippen LogP contribution in [-0.4, -0.2) is 16.8 Å². The molecule has 1 aliphatic rings. The number of nitrogens with zero attached hydrogens (tertiary/aromatic N) is 2. The zero-order valence-electron chi connectivity index (χ0n) is 18.7. The molecule has 1 aliphatic carbocycles. The number of rotatable bonds is 11. The van der Waals surface area contributed by atoms with Crippen LogP contribution < -0.4 is 4.74 Å². The van der Waals surface area contributed by atoms with Gasteiger partial charge in [0.2, 0.25) is 5.88 Å². The molecule has 0 N–H and O–H groups in total. The van der Waals surface area contributed by atoms with E-state index < -0.39 is 0 Å². The van der Waals surface area contributed by atoms with E-state index in [1.807, 2.05) is 12.1 Å². The molecule has 0 bridgehead atoms. The highest BCUT2D eigenvalue weighted by Crippen LogP contribution is 2.34. The highest BCUT2D eigenvalue weighted by atomic mass is 19.1. The summed E-state index contributed by atoms with van der Waals surface area (Å²) >= 11 is 0. The van der Waals surface area contributed by atoms with Gasteiger partial charge in [-0.1, -0.05) is 71.3 Å². The minimum Gasteiger partial charge on any atom is -0.477 e. The summed E-state index contributed by atoms with van der Waals surface area (Å²) in [5, 5.41) is 8.22. The van der Waals surface area contributed by atoms with E-state index >= 15 is 0 Å². The van der Waals surface area contributed by atoms with Gasteiger partial charge in [-0.3, -0.25) is 0 Å². The summed E-state index contributed by atoms with van der Waals surface area (Å²) < 4.78 is 20.3. The quantitative estimate of drug-likeness (QED) is 0.361. The van der Waals surface area contributed by atoms with Gasteiger partial charge in [0.1, 0.15) is 5.82 Å². The monoisotopic (exact) mass is 412 g/mol. The van der Waals surface area contributed by atoms with Crippen molar-refractivity contribution in [2.45, 2.75) is 84.5 Å². The molecule has 0 atom stereocenters. The van der Waals surface area contributed by atoms with Gasteiger partial charge in [-0.25, -0.2) is 4.39 Å². The fourth-order valence-corrected chi connectivity index (χ4v) is 4.46. The topological polar surface area (TPSA) is 35.0 Å². The van der Waals surface area contributed by atoms with Gasteiger partial charge in [0.05, 0.1) is 12.3 Å². The lowest BCUT2D eigenvalue weighted by Gasteiger charge is -2.28. The van der Waals surface area contributed by atoms with Gasteiger partial charge in [0.15, 0.2) is 0 Å². The Morgan fingerprint density at radius 2 is 1.63 bits per heavy atom. The molecule has 3 nitrogen and oxygen atoms in total.